The molecule has 3 fully saturated rings. The summed E-state index contributed by atoms with van der Waals surface area (Å²) in [7, 11) is 0. The number of benzene rings is 1. The van der Waals surface area contributed by atoms with Gasteiger partial charge in [0.15, 0.2) is 0 Å². The van der Waals surface area contributed by atoms with Gasteiger partial charge in [-0.3, -0.25) is 9.69 Å². The largest absolute Gasteiger partial charge is 0.332 e. The average Bonchev–Trinajstić information content (AvgIpc) is 3.02. The molecule has 3 saturated heterocycles. The minimum atomic E-state index is -0.218. The Labute approximate surface area is 157 Å². The highest BCUT2D eigenvalue weighted by Crippen LogP contribution is 2.30. The Balaban J connectivity index is 1.40. The second-order valence-electron chi connectivity index (χ2n) is 7.05. The average molecular weight is 371 g/mol. The van der Waals surface area contributed by atoms with Crippen LogP contribution in [0.1, 0.15) is 24.1 Å². The van der Waals surface area contributed by atoms with E-state index in [0.29, 0.717) is 6.54 Å². The summed E-state index contributed by atoms with van der Waals surface area (Å²) in [5.41, 5.74) is 3.80. The van der Waals surface area contributed by atoms with Gasteiger partial charge in [-0.1, -0.05) is 24.3 Å². The summed E-state index contributed by atoms with van der Waals surface area (Å²) >= 11 is 1.57. The molecule has 0 unspecified atom stereocenters. The van der Waals surface area contributed by atoms with Crippen LogP contribution in [0.2, 0.25) is 0 Å². The van der Waals surface area contributed by atoms with Gasteiger partial charge in [0.25, 0.3) is 0 Å². The Morgan fingerprint density at radius 3 is 2.85 bits per heavy atom. The number of rotatable bonds is 5. The van der Waals surface area contributed by atoms with Gasteiger partial charge in [-0.05, 0) is 30.5 Å². The van der Waals surface area contributed by atoms with E-state index >= 15 is 0 Å². The first-order valence-electron chi connectivity index (χ1n) is 9.01. The second-order valence-corrected chi connectivity index (χ2v) is 7.77. The summed E-state index contributed by atoms with van der Waals surface area (Å²) < 4.78 is 13.0. The van der Waals surface area contributed by atoms with Crippen LogP contribution in [0.15, 0.2) is 41.2 Å². The summed E-state index contributed by atoms with van der Waals surface area (Å²) in [6, 6.07) is 6.76. The van der Waals surface area contributed by atoms with Crippen molar-refractivity contribution >= 4 is 23.3 Å². The topological polar surface area (TPSA) is 36.4 Å². The quantitative estimate of drug-likeness (QED) is 0.808. The highest BCUT2D eigenvalue weighted by atomic mass is 32.1. The first-order valence-corrected chi connectivity index (χ1v) is 9.95. The minimum Gasteiger partial charge on any atom is -0.332 e. The third kappa shape index (κ3) is 3.86. The zero-order valence-corrected chi connectivity index (χ0v) is 15.4. The fraction of sp³-hybridized carbons (Fsp3) is 0.400. The number of carbonyl (C=O) groups excluding carboxylic acids is 1. The van der Waals surface area contributed by atoms with Gasteiger partial charge >= 0.3 is 0 Å². The van der Waals surface area contributed by atoms with Crippen molar-refractivity contribution in [2.45, 2.75) is 25.4 Å². The summed E-state index contributed by atoms with van der Waals surface area (Å²) in [4.78, 5) is 21.6. The van der Waals surface area contributed by atoms with E-state index in [1.807, 2.05) is 21.9 Å². The molecule has 4 nitrogen and oxygen atoms in total. The smallest absolute Gasteiger partial charge is 0.227 e. The molecule has 0 radical (unpaired) electrons. The van der Waals surface area contributed by atoms with Gasteiger partial charge in [0.05, 0.1) is 23.7 Å². The number of hydrogen-bond acceptors (Lipinski definition) is 4. The summed E-state index contributed by atoms with van der Waals surface area (Å²) in [6.07, 6.45) is 6.17. The third-order valence-electron chi connectivity index (χ3n) is 5.23. The zero-order valence-electron chi connectivity index (χ0n) is 14.6. The van der Waals surface area contributed by atoms with Gasteiger partial charge in [-0.15, -0.1) is 11.3 Å². The number of fused-ring (bicyclic) bond motifs is 4. The minimum absolute atomic E-state index is 0.0895. The molecule has 0 spiro atoms. The highest BCUT2D eigenvalue weighted by molar-refractivity contribution is 7.07. The lowest BCUT2D eigenvalue weighted by Crippen LogP contribution is -2.47. The van der Waals surface area contributed by atoms with E-state index in [1.54, 1.807) is 23.5 Å². The van der Waals surface area contributed by atoms with Crippen molar-refractivity contribution < 1.29 is 9.18 Å². The van der Waals surface area contributed by atoms with Crippen molar-refractivity contribution in [1.82, 2.24) is 14.8 Å². The van der Waals surface area contributed by atoms with Gasteiger partial charge in [-0.25, -0.2) is 9.37 Å². The predicted molar refractivity (Wildman–Crippen MR) is 101 cm³/mol. The van der Waals surface area contributed by atoms with Crippen LogP contribution in [-0.2, 0) is 11.3 Å². The maximum atomic E-state index is 13.0. The van der Waals surface area contributed by atoms with Gasteiger partial charge in [0, 0.05) is 31.1 Å². The molecule has 1 aromatic heterocycles. The van der Waals surface area contributed by atoms with Crippen LogP contribution < -0.4 is 0 Å². The van der Waals surface area contributed by atoms with Crippen LogP contribution >= 0.6 is 11.3 Å². The Bertz CT molecular complexity index is 775. The monoisotopic (exact) mass is 371 g/mol. The Hall–Kier alpha value is -2.05. The normalized spacial score (nSPS) is 23.7. The third-order valence-corrected chi connectivity index (χ3v) is 5.86. The molecule has 1 amide bonds. The fourth-order valence-electron chi connectivity index (χ4n) is 3.89. The summed E-state index contributed by atoms with van der Waals surface area (Å²) in [6.45, 7) is 3.15. The number of thiazole rings is 1. The Morgan fingerprint density at radius 1 is 1.23 bits per heavy atom. The lowest BCUT2D eigenvalue weighted by molar-refractivity contribution is -0.140. The molecular formula is C20H22FN3OS. The van der Waals surface area contributed by atoms with Gasteiger partial charge in [0.1, 0.15) is 5.82 Å². The van der Waals surface area contributed by atoms with E-state index < -0.39 is 0 Å². The molecule has 4 heterocycles. The van der Waals surface area contributed by atoms with Crippen molar-refractivity contribution in [2.75, 3.05) is 19.6 Å². The molecule has 0 aliphatic carbocycles. The molecule has 2 atom stereocenters. The van der Waals surface area contributed by atoms with E-state index in [4.69, 9.17) is 0 Å². The van der Waals surface area contributed by atoms with E-state index in [9.17, 15) is 9.18 Å². The van der Waals surface area contributed by atoms with E-state index in [2.05, 4.69) is 16.0 Å². The number of aromatic nitrogens is 1. The van der Waals surface area contributed by atoms with Crippen LogP contribution in [0, 0.1) is 11.7 Å². The van der Waals surface area contributed by atoms with Crippen molar-refractivity contribution in [3.8, 4) is 0 Å². The Morgan fingerprint density at radius 2 is 2.08 bits per heavy atom. The number of nitrogens with zero attached hydrogens (tertiary/aromatic N) is 3. The molecule has 136 valence electrons. The van der Waals surface area contributed by atoms with Gasteiger partial charge < -0.3 is 4.90 Å². The lowest BCUT2D eigenvalue weighted by Gasteiger charge is -2.35. The second kappa shape index (κ2) is 7.68. The molecule has 1 aromatic carbocycles. The first-order chi connectivity index (χ1) is 12.7. The SMILES string of the molecule is O=C1[C@H]2CC[C@H](CN(C/C=C/c3ccc(F)cc3)C2)N1Cc1cscn1. The predicted octanol–water partition coefficient (Wildman–Crippen LogP) is 3.42. The van der Waals surface area contributed by atoms with Crippen molar-refractivity contribution in [1.29, 1.82) is 0 Å². The van der Waals surface area contributed by atoms with Crippen molar-refractivity contribution in [3.05, 3.63) is 58.3 Å². The molecule has 6 heteroatoms. The zero-order chi connectivity index (χ0) is 17.9. The van der Waals surface area contributed by atoms with Crippen LogP contribution in [0.25, 0.3) is 6.08 Å². The number of halogens is 1. The highest BCUT2D eigenvalue weighted by Gasteiger charge is 2.40. The van der Waals surface area contributed by atoms with Crippen molar-refractivity contribution in [2.24, 2.45) is 5.92 Å². The first kappa shape index (κ1) is 17.4. The summed E-state index contributed by atoms with van der Waals surface area (Å²) in [5, 5.41) is 2.02. The molecule has 0 N–H and O–H groups in total. The molecule has 2 aromatic rings. The maximum Gasteiger partial charge on any atom is 0.227 e. The molecule has 3 aliphatic heterocycles. The standard InChI is InChI=1S/C20H22FN3OS/c21-17-6-3-15(4-7-17)2-1-9-23-10-16-5-8-19(12-23)24(20(16)25)11-18-13-26-14-22-18/h1-4,6-7,13-14,16,19H,5,8-12H2/b2-1+/t16-,19+/m0/s1. The summed E-state index contributed by atoms with van der Waals surface area (Å²) in [5.74, 6) is 0.149. The molecule has 0 saturated carbocycles. The van der Waals surface area contributed by atoms with E-state index in [0.717, 1.165) is 43.7 Å². The number of amides is 1. The van der Waals surface area contributed by atoms with Gasteiger partial charge in [0.2, 0.25) is 5.91 Å². The number of carbonyl (C=O) groups is 1. The number of piperidine rings is 1. The molecule has 3 aliphatic rings. The van der Waals surface area contributed by atoms with E-state index in [1.165, 1.54) is 12.1 Å². The fourth-order valence-corrected chi connectivity index (χ4v) is 4.44. The van der Waals surface area contributed by atoms with Crippen LogP contribution in [0.5, 0.6) is 0 Å². The van der Waals surface area contributed by atoms with Crippen LogP contribution in [0.4, 0.5) is 4.39 Å². The Kier molecular flexibility index (Phi) is 5.13. The van der Waals surface area contributed by atoms with Crippen molar-refractivity contribution in [3.63, 3.8) is 0 Å². The van der Waals surface area contributed by atoms with E-state index in [-0.39, 0.29) is 23.7 Å². The maximum absolute atomic E-state index is 13.0. The molecule has 2 bridgehead atoms. The molecule has 26 heavy (non-hydrogen) atoms. The number of hydrogen-bond donors (Lipinski definition) is 0. The lowest BCUT2D eigenvalue weighted by atomic mass is 9.94. The molecular weight excluding hydrogens is 349 g/mol. The van der Waals surface area contributed by atoms with Crippen LogP contribution in [0.3, 0.4) is 0 Å². The molecule has 5 rings (SSSR count). The van der Waals surface area contributed by atoms with Crippen LogP contribution in [-0.4, -0.2) is 46.4 Å². The van der Waals surface area contributed by atoms with Gasteiger partial charge in [-0.2, -0.15) is 0 Å².